The van der Waals surface area contributed by atoms with E-state index >= 15 is 0 Å². The smallest absolute Gasteiger partial charge is 0.300 e. The van der Waals surface area contributed by atoms with Gasteiger partial charge in [-0.25, -0.2) is 8.78 Å². The second-order valence-electron chi connectivity index (χ2n) is 4.21. The zero-order valence-corrected chi connectivity index (χ0v) is 10.2. The number of anilines is 1. The average Bonchev–Trinajstić information content (AvgIpc) is 2.92. The lowest BCUT2D eigenvalue weighted by molar-refractivity contribution is -0.114. The second-order valence-corrected chi connectivity index (χ2v) is 4.21. The van der Waals surface area contributed by atoms with Gasteiger partial charge in [0.2, 0.25) is 5.89 Å². The number of fused-ring (bicyclic) bond motifs is 1. The number of hydrogen-bond acceptors (Lipinski definition) is 5. The fourth-order valence-electron chi connectivity index (χ4n) is 2.04. The van der Waals surface area contributed by atoms with Crippen LogP contribution in [-0.2, 0) is 11.3 Å². The normalized spacial score (nSPS) is 14.1. The van der Waals surface area contributed by atoms with Crippen molar-refractivity contribution in [3.8, 4) is 0 Å². The summed E-state index contributed by atoms with van der Waals surface area (Å²) in [5, 5.41) is 3.52. The SMILES string of the molecule is Cc1noc(CN2C(=O)C(=O)c3c(F)ccc(F)c32)n1. The van der Waals surface area contributed by atoms with Gasteiger partial charge in [0, 0.05) is 0 Å². The summed E-state index contributed by atoms with van der Waals surface area (Å²) in [5.41, 5.74) is -0.956. The molecule has 0 radical (unpaired) electrons. The predicted octanol–water partition coefficient (Wildman–Crippen LogP) is 1.39. The van der Waals surface area contributed by atoms with Crippen molar-refractivity contribution in [1.82, 2.24) is 10.1 Å². The van der Waals surface area contributed by atoms with Crippen molar-refractivity contribution < 1.29 is 22.9 Å². The summed E-state index contributed by atoms with van der Waals surface area (Å²) in [5.74, 6) is -3.56. The Morgan fingerprint density at radius 2 is 1.95 bits per heavy atom. The van der Waals surface area contributed by atoms with Crippen LogP contribution >= 0.6 is 0 Å². The standard InChI is InChI=1S/C12H7F2N3O3/c1-5-15-8(20-16-5)4-17-10-7(14)3-2-6(13)9(10)11(18)12(17)19/h2-3H,4H2,1H3. The molecule has 1 aliphatic heterocycles. The number of halogens is 2. The number of rotatable bonds is 2. The molecule has 0 atom stereocenters. The number of carbonyl (C=O) groups is 2. The van der Waals surface area contributed by atoms with Crippen LogP contribution in [0.3, 0.4) is 0 Å². The first-order valence-corrected chi connectivity index (χ1v) is 5.62. The number of hydrogen-bond donors (Lipinski definition) is 0. The highest BCUT2D eigenvalue weighted by molar-refractivity contribution is 6.52. The summed E-state index contributed by atoms with van der Waals surface area (Å²) in [6.07, 6.45) is 0. The Morgan fingerprint density at radius 3 is 2.60 bits per heavy atom. The van der Waals surface area contributed by atoms with E-state index in [2.05, 4.69) is 10.1 Å². The van der Waals surface area contributed by atoms with Gasteiger partial charge in [0.05, 0.1) is 11.3 Å². The fourth-order valence-corrected chi connectivity index (χ4v) is 2.04. The Labute approximate surface area is 111 Å². The lowest BCUT2D eigenvalue weighted by Crippen LogP contribution is -2.29. The molecule has 2 heterocycles. The number of nitrogens with zero attached hydrogens (tertiary/aromatic N) is 3. The van der Waals surface area contributed by atoms with E-state index in [9.17, 15) is 18.4 Å². The van der Waals surface area contributed by atoms with E-state index in [-0.39, 0.29) is 12.4 Å². The van der Waals surface area contributed by atoms with Gasteiger partial charge in [0.25, 0.3) is 11.7 Å². The van der Waals surface area contributed by atoms with Gasteiger partial charge >= 0.3 is 0 Å². The minimum Gasteiger partial charge on any atom is -0.337 e. The average molecular weight is 279 g/mol. The molecule has 20 heavy (non-hydrogen) atoms. The Hall–Kier alpha value is -2.64. The molecule has 2 aromatic rings. The van der Waals surface area contributed by atoms with Crippen LogP contribution in [0.15, 0.2) is 16.7 Å². The summed E-state index contributed by atoms with van der Waals surface area (Å²) >= 11 is 0. The molecule has 0 saturated carbocycles. The van der Waals surface area contributed by atoms with Crippen LogP contribution in [0, 0.1) is 18.6 Å². The lowest BCUT2D eigenvalue weighted by Gasteiger charge is -2.14. The predicted molar refractivity (Wildman–Crippen MR) is 60.9 cm³/mol. The molecule has 3 rings (SSSR count). The molecule has 1 aromatic carbocycles. The molecule has 0 aliphatic carbocycles. The number of Topliss-reactive ketones (excluding diaryl/α,β-unsaturated/α-hetero) is 1. The van der Waals surface area contributed by atoms with Crippen molar-refractivity contribution in [2.45, 2.75) is 13.5 Å². The highest BCUT2D eigenvalue weighted by atomic mass is 19.1. The maximum absolute atomic E-state index is 13.8. The minimum absolute atomic E-state index is 0.0279. The van der Waals surface area contributed by atoms with Gasteiger partial charge in [-0.05, 0) is 19.1 Å². The molecular weight excluding hydrogens is 272 g/mol. The van der Waals surface area contributed by atoms with Gasteiger partial charge < -0.3 is 4.52 Å². The molecule has 0 fully saturated rings. The quantitative estimate of drug-likeness (QED) is 0.776. The third-order valence-corrected chi connectivity index (χ3v) is 2.88. The van der Waals surface area contributed by atoms with Crippen molar-refractivity contribution in [1.29, 1.82) is 0 Å². The zero-order chi connectivity index (χ0) is 14.4. The van der Waals surface area contributed by atoms with Crippen molar-refractivity contribution in [3.05, 3.63) is 41.0 Å². The summed E-state index contributed by atoms with van der Waals surface area (Å²) in [6, 6.07) is 1.66. The number of aryl methyl sites for hydroxylation is 1. The van der Waals surface area contributed by atoms with E-state index in [0.29, 0.717) is 5.82 Å². The van der Waals surface area contributed by atoms with Gasteiger partial charge in [-0.15, -0.1) is 0 Å². The van der Waals surface area contributed by atoms with E-state index in [4.69, 9.17) is 4.52 Å². The van der Waals surface area contributed by atoms with E-state index in [1.54, 1.807) is 6.92 Å². The molecule has 102 valence electrons. The van der Waals surface area contributed by atoms with Gasteiger partial charge in [-0.3, -0.25) is 14.5 Å². The Balaban J connectivity index is 2.08. The van der Waals surface area contributed by atoms with E-state index < -0.39 is 34.6 Å². The highest BCUT2D eigenvalue weighted by Gasteiger charge is 2.41. The van der Waals surface area contributed by atoms with Crippen molar-refractivity contribution >= 4 is 17.4 Å². The Kier molecular flexibility index (Phi) is 2.60. The van der Waals surface area contributed by atoms with E-state index in [1.165, 1.54) is 0 Å². The zero-order valence-electron chi connectivity index (χ0n) is 10.2. The monoisotopic (exact) mass is 279 g/mol. The van der Waals surface area contributed by atoms with Crippen LogP contribution in [0.1, 0.15) is 22.1 Å². The molecule has 0 N–H and O–H groups in total. The Morgan fingerprint density at radius 1 is 1.25 bits per heavy atom. The summed E-state index contributed by atoms with van der Waals surface area (Å²) < 4.78 is 32.2. The van der Waals surface area contributed by atoms with Crippen LogP contribution in [0.5, 0.6) is 0 Å². The lowest BCUT2D eigenvalue weighted by atomic mass is 10.1. The summed E-state index contributed by atoms with van der Waals surface area (Å²) in [6.45, 7) is 1.27. The molecule has 0 spiro atoms. The first-order chi connectivity index (χ1) is 9.49. The van der Waals surface area contributed by atoms with Crippen molar-refractivity contribution in [2.75, 3.05) is 4.90 Å². The molecule has 0 bridgehead atoms. The third-order valence-electron chi connectivity index (χ3n) is 2.88. The van der Waals surface area contributed by atoms with Gasteiger partial charge in [-0.2, -0.15) is 4.98 Å². The van der Waals surface area contributed by atoms with Crippen LogP contribution in [0.25, 0.3) is 0 Å². The molecule has 8 heteroatoms. The molecule has 0 saturated heterocycles. The molecule has 1 aromatic heterocycles. The van der Waals surface area contributed by atoms with Crippen LogP contribution < -0.4 is 4.90 Å². The summed E-state index contributed by atoms with van der Waals surface area (Å²) in [7, 11) is 0. The number of ketones is 1. The van der Waals surface area contributed by atoms with Gasteiger partial charge in [-0.1, -0.05) is 5.16 Å². The molecule has 1 aliphatic rings. The molecular formula is C12H7F2N3O3. The van der Waals surface area contributed by atoms with Crippen LogP contribution in [0.4, 0.5) is 14.5 Å². The maximum atomic E-state index is 13.8. The van der Waals surface area contributed by atoms with E-state index in [0.717, 1.165) is 17.0 Å². The van der Waals surface area contributed by atoms with Crippen LogP contribution in [0.2, 0.25) is 0 Å². The van der Waals surface area contributed by atoms with Gasteiger partial charge in [0.1, 0.15) is 18.2 Å². The number of carbonyl (C=O) groups excluding carboxylic acids is 2. The number of aromatic nitrogens is 2. The third kappa shape index (κ3) is 1.68. The molecule has 6 nitrogen and oxygen atoms in total. The van der Waals surface area contributed by atoms with Gasteiger partial charge in [0.15, 0.2) is 5.82 Å². The first-order valence-electron chi connectivity index (χ1n) is 5.62. The van der Waals surface area contributed by atoms with Crippen molar-refractivity contribution in [2.24, 2.45) is 0 Å². The number of benzene rings is 1. The first kappa shape index (κ1) is 12.4. The summed E-state index contributed by atoms with van der Waals surface area (Å²) in [4.78, 5) is 28.2. The minimum atomic E-state index is -1.09. The number of amides is 1. The van der Waals surface area contributed by atoms with Crippen LogP contribution in [-0.4, -0.2) is 21.8 Å². The molecule has 1 amide bonds. The van der Waals surface area contributed by atoms with Crippen molar-refractivity contribution in [3.63, 3.8) is 0 Å². The van der Waals surface area contributed by atoms with E-state index in [1.807, 2.05) is 0 Å². The Bertz CT molecular complexity index is 742. The topological polar surface area (TPSA) is 76.3 Å². The highest BCUT2D eigenvalue weighted by Crippen LogP contribution is 2.34. The maximum Gasteiger partial charge on any atom is 0.300 e. The largest absolute Gasteiger partial charge is 0.337 e. The second kappa shape index (κ2) is 4.19. The molecule has 0 unspecified atom stereocenters. The fraction of sp³-hybridized carbons (Fsp3) is 0.167.